The van der Waals surface area contributed by atoms with Crippen molar-refractivity contribution >= 4 is 22.7 Å². The summed E-state index contributed by atoms with van der Waals surface area (Å²) < 4.78 is 38.8. The van der Waals surface area contributed by atoms with Crippen LogP contribution < -0.4 is 20.1 Å². The van der Waals surface area contributed by atoms with Crippen LogP contribution in [0.4, 0.5) is 20.4 Å². The van der Waals surface area contributed by atoms with E-state index in [9.17, 15) is 8.78 Å². The molecule has 0 spiro atoms. The van der Waals surface area contributed by atoms with Crippen LogP contribution in [0.3, 0.4) is 0 Å². The minimum atomic E-state index is -2.51. The SMILES string of the molecule is COc1ccc(CNc2nc(NCc3ccc(C#N)cc3CC(F)F)cc3c2ncn3C)c(OC)c1. The second-order valence-electron chi connectivity index (χ2n) is 8.15. The Morgan fingerprint density at radius 2 is 1.78 bits per heavy atom. The maximum absolute atomic E-state index is 13.1. The first-order chi connectivity index (χ1) is 17.4. The number of rotatable bonds is 10. The summed E-state index contributed by atoms with van der Waals surface area (Å²) in [5.41, 5.74) is 3.93. The van der Waals surface area contributed by atoms with Crippen molar-refractivity contribution in [2.45, 2.75) is 25.9 Å². The van der Waals surface area contributed by atoms with Crippen molar-refractivity contribution in [1.82, 2.24) is 14.5 Å². The Kier molecular flexibility index (Phi) is 7.49. The molecule has 0 saturated heterocycles. The van der Waals surface area contributed by atoms with Crippen molar-refractivity contribution in [2.75, 3.05) is 24.9 Å². The molecule has 36 heavy (non-hydrogen) atoms. The molecule has 0 radical (unpaired) electrons. The first kappa shape index (κ1) is 24.7. The maximum Gasteiger partial charge on any atom is 0.242 e. The number of nitriles is 1. The predicted molar refractivity (Wildman–Crippen MR) is 134 cm³/mol. The Hall–Kier alpha value is -4.39. The van der Waals surface area contributed by atoms with Crippen LogP contribution in [-0.2, 0) is 26.6 Å². The lowest BCUT2D eigenvalue weighted by molar-refractivity contribution is 0.149. The number of imidazole rings is 1. The summed E-state index contributed by atoms with van der Waals surface area (Å²) in [5.74, 6) is 2.51. The van der Waals surface area contributed by atoms with E-state index in [1.807, 2.05) is 41.9 Å². The maximum atomic E-state index is 13.1. The van der Waals surface area contributed by atoms with Crippen molar-refractivity contribution < 1.29 is 18.3 Å². The van der Waals surface area contributed by atoms with Crippen molar-refractivity contribution in [3.63, 3.8) is 0 Å². The van der Waals surface area contributed by atoms with E-state index in [1.54, 1.807) is 32.7 Å². The Morgan fingerprint density at radius 1 is 1.00 bits per heavy atom. The zero-order valence-electron chi connectivity index (χ0n) is 20.2. The number of ether oxygens (including phenoxy) is 2. The number of hydrogen-bond donors (Lipinski definition) is 2. The number of halogens is 2. The second-order valence-corrected chi connectivity index (χ2v) is 8.15. The van der Waals surface area contributed by atoms with Crippen LogP contribution >= 0.6 is 0 Å². The predicted octanol–water partition coefficient (Wildman–Crippen LogP) is 4.89. The number of pyridine rings is 1. The molecule has 0 amide bonds. The summed E-state index contributed by atoms with van der Waals surface area (Å²) in [6.45, 7) is 0.708. The lowest BCUT2D eigenvalue weighted by Gasteiger charge is -2.14. The number of aryl methyl sites for hydroxylation is 1. The summed E-state index contributed by atoms with van der Waals surface area (Å²) in [4.78, 5) is 9.16. The molecule has 0 aliphatic carbocycles. The smallest absolute Gasteiger partial charge is 0.242 e. The van der Waals surface area contributed by atoms with Gasteiger partial charge in [0.15, 0.2) is 5.82 Å². The van der Waals surface area contributed by atoms with Crippen LogP contribution in [0.25, 0.3) is 11.0 Å². The highest BCUT2D eigenvalue weighted by Gasteiger charge is 2.14. The first-order valence-corrected chi connectivity index (χ1v) is 11.2. The fourth-order valence-electron chi connectivity index (χ4n) is 3.93. The quantitative estimate of drug-likeness (QED) is 0.325. The molecule has 2 N–H and O–H groups in total. The lowest BCUT2D eigenvalue weighted by Crippen LogP contribution is -2.09. The third-order valence-corrected chi connectivity index (χ3v) is 5.82. The summed E-state index contributed by atoms with van der Waals surface area (Å²) in [6, 6.07) is 14.3. The normalized spacial score (nSPS) is 10.9. The van der Waals surface area contributed by atoms with Crippen molar-refractivity contribution in [2.24, 2.45) is 7.05 Å². The molecule has 2 aromatic heterocycles. The van der Waals surface area contributed by atoms with E-state index in [4.69, 9.17) is 19.7 Å². The van der Waals surface area contributed by atoms with E-state index < -0.39 is 12.8 Å². The summed E-state index contributed by atoms with van der Waals surface area (Å²) in [7, 11) is 5.08. The number of hydrogen-bond acceptors (Lipinski definition) is 7. The van der Waals surface area contributed by atoms with Crippen LogP contribution in [0.5, 0.6) is 11.5 Å². The van der Waals surface area contributed by atoms with Crippen molar-refractivity contribution in [1.29, 1.82) is 5.26 Å². The van der Waals surface area contributed by atoms with Gasteiger partial charge in [-0.25, -0.2) is 18.7 Å². The standard InChI is InChI=1S/C26H26F2N6O2/c1-34-15-32-25-21(34)11-24(30-13-17-5-4-16(12-29)8-19(17)9-23(27)28)33-26(25)31-14-18-6-7-20(35-2)10-22(18)36-3/h4-8,10-11,15,23H,9,13-14H2,1-3H3,(H2,30,31,33). The molecule has 0 aliphatic rings. The van der Waals surface area contributed by atoms with Gasteiger partial charge in [0, 0.05) is 44.3 Å². The fraction of sp³-hybridized carbons (Fsp3) is 0.269. The average Bonchev–Trinajstić information content (AvgIpc) is 3.26. The second kappa shape index (κ2) is 10.9. The van der Waals surface area contributed by atoms with Gasteiger partial charge < -0.3 is 24.7 Å². The molecular formula is C26H26F2N6O2. The van der Waals surface area contributed by atoms with E-state index in [1.165, 1.54) is 6.07 Å². The molecule has 2 aromatic carbocycles. The van der Waals surface area contributed by atoms with Gasteiger partial charge in [0.1, 0.15) is 22.8 Å². The molecule has 0 atom stereocenters. The molecule has 0 aliphatic heterocycles. The Labute approximate surface area is 207 Å². The first-order valence-electron chi connectivity index (χ1n) is 11.2. The van der Waals surface area contributed by atoms with E-state index >= 15 is 0 Å². The lowest BCUT2D eigenvalue weighted by atomic mass is 10.0. The van der Waals surface area contributed by atoms with Gasteiger partial charge in [-0.3, -0.25) is 0 Å². The molecule has 10 heteroatoms. The Bertz CT molecular complexity index is 1410. The van der Waals surface area contributed by atoms with Gasteiger partial charge >= 0.3 is 0 Å². The molecule has 2 heterocycles. The number of alkyl halides is 2. The van der Waals surface area contributed by atoms with Crippen LogP contribution in [0.2, 0.25) is 0 Å². The molecule has 4 rings (SSSR count). The molecule has 8 nitrogen and oxygen atoms in total. The molecule has 0 unspecified atom stereocenters. The highest BCUT2D eigenvalue weighted by atomic mass is 19.3. The third kappa shape index (κ3) is 5.46. The highest BCUT2D eigenvalue weighted by Crippen LogP contribution is 2.28. The molecular weight excluding hydrogens is 466 g/mol. The van der Waals surface area contributed by atoms with Crippen LogP contribution in [-0.4, -0.2) is 35.2 Å². The average molecular weight is 493 g/mol. The van der Waals surface area contributed by atoms with Gasteiger partial charge in [0.2, 0.25) is 6.43 Å². The number of anilines is 2. The minimum Gasteiger partial charge on any atom is -0.497 e. The Morgan fingerprint density at radius 3 is 2.50 bits per heavy atom. The van der Waals surface area contributed by atoms with Gasteiger partial charge in [0.25, 0.3) is 0 Å². The largest absolute Gasteiger partial charge is 0.497 e. The number of methoxy groups -OCH3 is 2. The zero-order chi connectivity index (χ0) is 25.7. The van der Waals surface area contributed by atoms with Gasteiger partial charge in [-0.15, -0.1) is 0 Å². The Balaban J connectivity index is 1.59. The van der Waals surface area contributed by atoms with Gasteiger partial charge in [0.05, 0.1) is 37.7 Å². The van der Waals surface area contributed by atoms with Crippen LogP contribution in [0.1, 0.15) is 22.3 Å². The minimum absolute atomic E-state index is 0.274. The van der Waals surface area contributed by atoms with Crippen LogP contribution in [0, 0.1) is 11.3 Å². The van der Waals surface area contributed by atoms with E-state index in [2.05, 4.69) is 15.6 Å². The summed E-state index contributed by atoms with van der Waals surface area (Å²) in [6.07, 6.45) is -1.22. The van der Waals surface area contributed by atoms with E-state index in [0.717, 1.165) is 11.1 Å². The van der Waals surface area contributed by atoms with Gasteiger partial charge in [-0.2, -0.15) is 5.26 Å². The molecule has 186 valence electrons. The van der Waals surface area contributed by atoms with Crippen molar-refractivity contribution in [3.05, 3.63) is 71.0 Å². The number of aromatic nitrogens is 3. The molecule has 0 fully saturated rings. The number of nitrogens with zero attached hydrogens (tertiary/aromatic N) is 4. The number of nitrogens with one attached hydrogen (secondary N) is 2. The monoisotopic (exact) mass is 492 g/mol. The zero-order valence-corrected chi connectivity index (χ0v) is 20.2. The highest BCUT2D eigenvalue weighted by molar-refractivity contribution is 5.88. The van der Waals surface area contributed by atoms with Crippen LogP contribution in [0.15, 0.2) is 48.8 Å². The van der Waals surface area contributed by atoms with Crippen molar-refractivity contribution in [3.8, 4) is 17.6 Å². The third-order valence-electron chi connectivity index (χ3n) is 5.82. The summed E-state index contributed by atoms with van der Waals surface area (Å²) in [5, 5.41) is 15.7. The number of benzene rings is 2. The fourth-order valence-corrected chi connectivity index (χ4v) is 3.93. The topological polar surface area (TPSA) is 97.0 Å². The van der Waals surface area contributed by atoms with Gasteiger partial charge in [-0.05, 0) is 35.4 Å². The van der Waals surface area contributed by atoms with E-state index in [0.29, 0.717) is 51.9 Å². The molecule has 0 saturated carbocycles. The number of fused-ring (bicyclic) bond motifs is 1. The molecule has 4 aromatic rings. The van der Waals surface area contributed by atoms with Gasteiger partial charge in [-0.1, -0.05) is 6.07 Å². The summed E-state index contributed by atoms with van der Waals surface area (Å²) >= 11 is 0. The molecule has 0 bridgehead atoms. The van der Waals surface area contributed by atoms with E-state index in [-0.39, 0.29) is 6.54 Å².